The number of amides is 1. The summed E-state index contributed by atoms with van der Waals surface area (Å²) < 4.78 is 35.7. The summed E-state index contributed by atoms with van der Waals surface area (Å²) in [5.74, 6) is -1.25. The molecule has 0 fully saturated rings. The third kappa shape index (κ3) is 15.6. The van der Waals surface area contributed by atoms with Crippen LogP contribution in [0.2, 0.25) is 0 Å². The topological polar surface area (TPSA) is 191 Å². The fourth-order valence-electron chi connectivity index (χ4n) is 5.21. The molecule has 4 aromatic rings. The number of hydrogen-bond donors (Lipinski definition) is 1. The van der Waals surface area contributed by atoms with Crippen molar-refractivity contribution in [2.75, 3.05) is 31.7 Å². The summed E-state index contributed by atoms with van der Waals surface area (Å²) in [6.07, 6.45) is 3.99. The third-order valence-electron chi connectivity index (χ3n) is 8.49. The maximum atomic E-state index is 13.0. The number of aliphatic imine (C=N–C) groups is 1. The molecule has 0 unspecified atom stereocenters. The summed E-state index contributed by atoms with van der Waals surface area (Å²) in [5, 5.41) is 2.91. The number of anilines is 1. The minimum Gasteiger partial charge on any atom is -0.463 e. The van der Waals surface area contributed by atoms with Gasteiger partial charge < -0.3 is 38.5 Å². The van der Waals surface area contributed by atoms with Crippen molar-refractivity contribution in [2.24, 2.45) is 4.99 Å². The van der Waals surface area contributed by atoms with Gasteiger partial charge in [0.2, 0.25) is 0 Å². The number of nitrogens with zero attached hydrogens (tertiary/aromatic N) is 1. The van der Waals surface area contributed by atoms with Gasteiger partial charge in [0.1, 0.15) is 17.2 Å². The molecule has 0 spiro atoms. The monoisotopic (exact) mass is 834 g/mol. The van der Waals surface area contributed by atoms with Crippen LogP contribution < -0.4 is 19.5 Å². The summed E-state index contributed by atoms with van der Waals surface area (Å²) in [6, 6.07) is 20.8. The zero-order valence-corrected chi connectivity index (χ0v) is 34.1. The van der Waals surface area contributed by atoms with Gasteiger partial charge in [-0.25, -0.2) is 24.0 Å². The number of benzene rings is 4. The fourth-order valence-corrected chi connectivity index (χ4v) is 5.21. The lowest BCUT2D eigenvalue weighted by atomic mass is 10.1. The number of carbonyl (C=O) groups excluding carboxylic acids is 6. The van der Waals surface area contributed by atoms with E-state index in [0.29, 0.717) is 53.9 Å². The molecule has 318 valence electrons. The first-order valence-electron chi connectivity index (χ1n) is 19.1. The van der Waals surface area contributed by atoms with Crippen LogP contribution in [0.4, 0.5) is 21.0 Å². The molecular formula is C46H46N2O13. The summed E-state index contributed by atoms with van der Waals surface area (Å²) in [6.45, 7) is 12.7. The Hall–Kier alpha value is -7.55. The Labute approximate surface area is 352 Å². The van der Waals surface area contributed by atoms with Gasteiger partial charge in [-0.05, 0) is 148 Å². The van der Waals surface area contributed by atoms with E-state index in [-0.39, 0.29) is 49.4 Å². The lowest BCUT2D eigenvalue weighted by Crippen LogP contribution is -2.14. The van der Waals surface area contributed by atoms with E-state index in [1.807, 2.05) is 32.0 Å². The van der Waals surface area contributed by atoms with Crippen LogP contribution in [-0.2, 0) is 28.5 Å². The number of hydrogen-bond acceptors (Lipinski definition) is 14. The van der Waals surface area contributed by atoms with Crippen LogP contribution in [0.25, 0.3) is 0 Å². The molecule has 61 heavy (non-hydrogen) atoms. The second kappa shape index (κ2) is 23.8. The highest BCUT2D eigenvalue weighted by Gasteiger charge is 2.14. The van der Waals surface area contributed by atoms with Crippen molar-refractivity contribution in [1.29, 1.82) is 0 Å². The van der Waals surface area contributed by atoms with E-state index in [9.17, 15) is 28.8 Å². The highest BCUT2D eigenvalue weighted by molar-refractivity contribution is 6.05. The first-order valence-corrected chi connectivity index (χ1v) is 19.1. The first kappa shape index (κ1) is 46.1. The first-order chi connectivity index (χ1) is 29.3. The van der Waals surface area contributed by atoms with Gasteiger partial charge in [-0.1, -0.05) is 13.2 Å². The van der Waals surface area contributed by atoms with Gasteiger partial charge in [0.05, 0.1) is 37.7 Å². The van der Waals surface area contributed by atoms with Crippen LogP contribution in [0, 0.1) is 20.8 Å². The van der Waals surface area contributed by atoms with Crippen LogP contribution in [0.3, 0.4) is 0 Å². The second-order valence-corrected chi connectivity index (χ2v) is 13.2. The van der Waals surface area contributed by atoms with Crippen LogP contribution in [0.15, 0.2) is 109 Å². The summed E-state index contributed by atoms with van der Waals surface area (Å²) in [4.78, 5) is 76.6. The maximum absolute atomic E-state index is 13.0. The molecule has 0 aliphatic carbocycles. The fraction of sp³-hybridized carbons (Fsp3) is 0.239. The predicted octanol–water partition coefficient (Wildman–Crippen LogP) is 8.88. The van der Waals surface area contributed by atoms with Crippen LogP contribution in [0.5, 0.6) is 17.2 Å². The Morgan fingerprint density at radius 2 is 1.08 bits per heavy atom. The van der Waals surface area contributed by atoms with E-state index < -0.39 is 30.2 Å². The Bertz CT molecular complexity index is 2250. The minimum atomic E-state index is -0.906. The van der Waals surface area contributed by atoms with Crippen molar-refractivity contribution in [3.05, 3.63) is 138 Å². The average Bonchev–Trinajstić information content (AvgIpc) is 3.25. The summed E-state index contributed by atoms with van der Waals surface area (Å²) >= 11 is 0. The molecule has 0 aromatic heterocycles. The molecule has 0 saturated heterocycles. The molecule has 0 bridgehead atoms. The molecular weight excluding hydrogens is 789 g/mol. The number of carbonyl (C=O) groups is 6. The molecule has 0 saturated carbocycles. The predicted molar refractivity (Wildman–Crippen MR) is 225 cm³/mol. The van der Waals surface area contributed by atoms with Gasteiger partial charge >= 0.3 is 30.2 Å². The van der Waals surface area contributed by atoms with Crippen molar-refractivity contribution >= 4 is 53.7 Å². The van der Waals surface area contributed by atoms with Gasteiger partial charge in [-0.15, -0.1) is 0 Å². The zero-order chi connectivity index (χ0) is 44.1. The molecule has 0 heterocycles. The largest absolute Gasteiger partial charge is 0.513 e. The van der Waals surface area contributed by atoms with Crippen LogP contribution in [0.1, 0.15) is 68.7 Å². The van der Waals surface area contributed by atoms with E-state index >= 15 is 0 Å². The third-order valence-corrected chi connectivity index (χ3v) is 8.49. The molecule has 15 nitrogen and oxygen atoms in total. The quantitative estimate of drug-likeness (QED) is 0.0169. The number of nitrogens with one attached hydrogen (secondary N) is 1. The minimum absolute atomic E-state index is 0.0800. The van der Waals surface area contributed by atoms with E-state index in [2.05, 4.69) is 23.5 Å². The van der Waals surface area contributed by atoms with Crippen LogP contribution in [-0.4, -0.2) is 68.8 Å². The number of aryl methyl sites for hydroxylation is 3. The lowest BCUT2D eigenvalue weighted by Gasteiger charge is -2.12. The van der Waals surface area contributed by atoms with E-state index in [1.54, 1.807) is 25.3 Å². The van der Waals surface area contributed by atoms with Crippen molar-refractivity contribution in [3.8, 4) is 17.2 Å². The summed E-state index contributed by atoms with van der Waals surface area (Å²) in [7, 11) is 0. The van der Waals surface area contributed by atoms with Gasteiger partial charge in [-0.3, -0.25) is 9.79 Å². The maximum Gasteiger partial charge on any atom is 0.513 e. The molecule has 1 amide bonds. The molecule has 15 heteroatoms. The van der Waals surface area contributed by atoms with Gasteiger partial charge in [0.25, 0.3) is 5.91 Å². The number of ether oxygens (including phenoxy) is 7. The molecule has 4 aromatic carbocycles. The van der Waals surface area contributed by atoms with Crippen LogP contribution >= 0.6 is 0 Å². The highest BCUT2D eigenvalue weighted by Crippen LogP contribution is 2.28. The van der Waals surface area contributed by atoms with Crippen molar-refractivity contribution in [1.82, 2.24) is 0 Å². The van der Waals surface area contributed by atoms with Crippen molar-refractivity contribution in [2.45, 2.75) is 46.5 Å². The number of unbranched alkanes of at least 4 members (excludes halogenated alkanes) is 2. The normalized spacial score (nSPS) is 10.5. The second-order valence-electron chi connectivity index (χ2n) is 13.2. The van der Waals surface area contributed by atoms with Gasteiger partial charge in [-0.2, -0.15) is 0 Å². The Morgan fingerprint density at radius 1 is 0.574 bits per heavy atom. The smallest absolute Gasteiger partial charge is 0.463 e. The molecule has 0 atom stereocenters. The van der Waals surface area contributed by atoms with E-state index in [1.165, 1.54) is 48.5 Å². The SMILES string of the molecule is C=CC(=O)OCCCCOC(=O)Oc1ccc(C(=O)Nc2cc(C)c(/N=C/c3ccc(OC(=O)c4ccc(OC(=O)OCCCCOC(=O)C=C)cc4)c(C)c3)cc2C)cc1. The Balaban J connectivity index is 1.23. The average molecular weight is 835 g/mol. The zero-order valence-electron chi connectivity index (χ0n) is 34.1. The van der Waals surface area contributed by atoms with E-state index in [4.69, 9.17) is 33.2 Å². The van der Waals surface area contributed by atoms with Gasteiger partial charge in [0.15, 0.2) is 0 Å². The van der Waals surface area contributed by atoms with E-state index in [0.717, 1.165) is 28.8 Å². The molecule has 0 radical (unpaired) electrons. The van der Waals surface area contributed by atoms with Crippen molar-refractivity contribution in [3.63, 3.8) is 0 Å². The lowest BCUT2D eigenvalue weighted by molar-refractivity contribution is -0.138. The Kier molecular flexibility index (Phi) is 18.0. The number of rotatable bonds is 20. The highest BCUT2D eigenvalue weighted by atomic mass is 16.7. The Morgan fingerprint density at radius 3 is 1.59 bits per heavy atom. The molecule has 4 rings (SSSR count). The molecule has 1 N–H and O–H groups in total. The number of esters is 3. The molecule has 0 aliphatic heterocycles. The summed E-state index contributed by atoms with van der Waals surface area (Å²) in [5.41, 5.74) is 4.93. The standard InChI is InChI=1S/C46H46N2O13/c1-6-41(49)55-22-8-10-24-57-45(53)59-36-17-13-34(14-18-36)43(51)48-39-28-30(3)38(27-31(39)4)47-29-33-12-21-40(32(5)26-33)61-44(52)35-15-19-37(20-16-35)60-46(54)58-25-11-9-23-56-42(50)7-2/h6-7,12-21,26-29H,1-2,8-11,22-25H2,3-5H3,(H,48,51)/b47-29+. The molecule has 0 aliphatic rings. The van der Waals surface area contributed by atoms with Gasteiger partial charge in [0, 0.05) is 29.6 Å². The van der Waals surface area contributed by atoms with Crippen molar-refractivity contribution < 1.29 is 61.9 Å².